The molecule has 0 aliphatic heterocycles. The SMILES string of the molecule is Cn1cc(C=O)cc1C=O. The number of rotatable bonds is 2. The Hall–Kier alpha value is -1.38. The fourth-order valence-corrected chi connectivity index (χ4v) is 0.790. The summed E-state index contributed by atoms with van der Waals surface area (Å²) in [5, 5.41) is 0. The fourth-order valence-electron chi connectivity index (χ4n) is 0.790. The summed E-state index contributed by atoms with van der Waals surface area (Å²) in [6, 6.07) is 1.54. The number of aromatic nitrogens is 1. The first-order chi connectivity index (χ1) is 4.77. The lowest BCUT2D eigenvalue weighted by atomic mass is 10.3. The van der Waals surface area contributed by atoms with Gasteiger partial charge in [-0.15, -0.1) is 0 Å². The average molecular weight is 137 g/mol. The van der Waals surface area contributed by atoms with Gasteiger partial charge in [-0.05, 0) is 6.07 Å². The largest absolute Gasteiger partial charge is 0.348 e. The number of carbonyl (C=O) groups excluding carboxylic acids is 2. The van der Waals surface area contributed by atoms with Gasteiger partial charge in [-0.2, -0.15) is 0 Å². The van der Waals surface area contributed by atoms with Gasteiger partial charge in [-0.1, -0.05) is 0 Å². The van der Waals surface area contributed by atoms with Crippen molar-refractivity contribution in [1.29, 1.82) is 0 Å². The topological polar surface area (TPSA) is 39.1 Å². The normalized spacial score (nSPS) is 9.30. The summed E-state index contributed by atoms with van der Waals surface area (Å²) in [7, 11) is 1.72. The van der Waals surface area contributed by atoms with Crippen molar-refractivity contribution in [2.45, 2.75) is 0 Å². The Bertz CT molecular complexity index is 263. The minimum absolute atomic E-state index is 0.516. The summed E-state index contributed by atoms with van der Waals surface area (Å²) >= 11 is 0. The smallest absolute Gasteiger partial charge is 0.166 e. The number of carbonyl (C=O) groups is 2. The molecule has 1 heterocycles. The van der Waals surface area contributed by atoms with Crippen LogP contribution in [0.25, 0.3) is 0 Å². The van der Waals surface area contributed by atoms with Crippen LogP contribution in [0.4, 0.5) is 0 Å². The predicted octanol–water partition coefficient (Wildman–Crippen LogP) is 0.650. The van der Waals surface area contributed by atoms with Crippen molar-refractivity contribution in [3.63, 3.8) is 0 Å². The van der Waals surface area contributed by atoms with Gasteiger partial charge in [0.25, 0.3) is 0 Å². The first-order valence-electron chi connectivity index (χ1n) is 2.84. The Morgan fingerprint density at radius 1 is 1.40 bits per heavy atom. The van der Waals surface area contributed by atoms with E-state index < -0.39 is 0 Å². The zero-order chi connectivity index (χ0) is 7.56. The molecule has 0 atom stereocenters. The number of aldehydes is 2. The van der Waals surface area contributed by atoms with E-state index in [0.29, 0.717) is 23.8 Å². The van der Waals surface area contributed by atoms with Crippen molar-refractivity contribution in [1.82, 2.24) is 4.57 Å². The Labute approximate surface area is 58.3 Å². The molecule has 0 saturated heterocycles. The summed E-state index contributed by atoms with van der Waals surface area (Å²) in [5.41, 5.74) is 1.05. The Morgan fingerprint density at radius 3 is 2.40 bits per heavy atom. The van der Waals surface area contributed by atoms with Crippen LogP contribution in [0.3, 0.4) is 0 Å². The molecule has 0 saturated carbocycles. The van der Waals surface area contributed by atoms with Gasteiger partial charge >= 0.3 is 0 Å². The number of hydrogen-bond donors (Lipinski definition) is 0. The average Bonchev–Trinajstić information content (AvgIpc) is 2.30. The molecule has 3 heteroatoms. The van der Waals surface area contributed by atoms with Crippen molar-refractivity contribution >= 4 is 12.6 Å². The third-order valence-electron chi connectivity index (χ3n) is 1.32. The lowest BCUT2D eigenvalue weighted by Crippen LogP contribution is -1.90. The lowest BCUT2D eigenvalue weighted by Gasteiger charge is -1.88. The van der Waals surface area contributed by atoms with Crippen LogP contribution in [0.1, 0.15) is 20.8 Å². The van der Waals surface area contributed by atoms with Crippen molar-refractivity contribution in [2.75, 3.05) is 0 Å². The summed E-state index contributed by atoms with van der Waals surface area (Å²) < 4.78 is 1.61. The maximum Gasteiger partial charge on any atom is 0.166 e. The summed E-state index contributed by atoms with van der Waals surface area (Å²) in [4.78, 5) is 20.4. The maximum atomic E-state index is 10.2. The molecule has 0 aliphatic rings. The third-order valence-corrected chi connectivity index (χ3v) is 1.32. The highest BCUT2D eigenvalue weighted by Gasteiger charge is 1.98. The second-order valence-corrected chi connectivity index (χ2v) is 2.04. The van der Waals surface area contributed by atoms with Crippen LogP contribution in [0, 0.1) is 0 Å². The van der Waals surface area contributed by atoms with Crippen LogP contribution < -0.4 is 0 Å². The molecule has 1 aromatic rings. The zero-order valence-electron chi connectivity index (χ0n) is 5.57. The molecular weight excluding hydrogens is 130 g/mol. The first kappa shape index (κ1) is 6.74. The van der Waals surface area contributed by atoms with E-state index in [2.05, 4.69) is 0 Å². The zero-order valence-corrected chi connectivity index (χ0v) is 5.57. The molecule has 0 spiro atoms. The van der Waals surface area contributed by atoms with E-state index in [9.17, 15) is 9.59 Å². The summed E-state index contributed by atoms with van der Waals surface area (Å²) in [6.45, 7) is 0. The maximum absolute atomic E-state index is 10.2. The summed E-state index contributed by atoms with van der Waals surface area (Å²) in [5.74, 6) is 0. The molecule has 1 aromatic heterocycles. The van der Waals surface area contributed by atoms with E-state index in [0.717, 1.165) is 0 Å². The second-order valence-electron chi connectivity index (χ2n) is 2.04. The molecule has 0 aromatic carbocycles. The van der Waals surface area contributed by atoms with E-state index in [-0.39, 0.29) is 0 Å². The quantitative estimate of drug-likeness (QED) is 0.561. The van der Waals surface area contributed by atoms with Gasteiger partial charge in [0, 0.05) is 18.8 Å². The lowest BCUT2D eigenvalue weighted by molar-refractivity contribution is 0.111. The monoisotopic (exact) mass is 137 g/mol. The molecule has 0 bridgehead atoms. The van der Waals surface area contributed by atoms with Gasteiger partial charge in [0.2, 0.25) is 0 Å². The summed E-state index contributed by atoms with van der Waals surface area (Å²) in [6.07, 6.45) is 3.04. The first-order valence-corrected chi connectivity index (χ1v) is 2.84. The van der Waals surface area contributed by atoms with Crippen LogP contribution >= 0.6 is 0 Å². The van der Waals surface area contributed by atoms with Gasteiger partial charge < -0.3 is 4.57 Å². The Kier molecular flexibility index (Phi) is 1.67. The van der Waals surface area contributed by atoms with Gasteiger partial charge in [0.15, 0.2) is 12.6 Å². The van der Waals surface area contributed by atoms with Crippen molar-refractivity contribution in [2.24, 2.45) is 7.05 Å². The number of nitrogens with zero attached hydrogens (tertiary/aromatic N) is 1. The third kappa shape index (κ3) is 0.978. The minimum atomic E-state index is 0.516. The number of aryl methyl sites for hydroxylation is 1. The van der Waals surface area contributed by atoms with Crippen LogP contribution in [0.5, 0.6) is 0 Å². The van der Waals surface area contributed by atoms with E-state index in [4.69, 9.17) is 0 Å². The van der Waals surface area contributed by atoms with Crippen LogP contribution in [-0.4, -0.2) is 17.1 Å². The molecule has 0 unspecified atom stereocenters. The molecule has 0 amide bonds. The molecule has 3 nitrogen and oxygen atoms in total. The van der Waals surface area contributed by atoms with Crippen LogP contribution in [-0.2, 0) is 7.05 Å². The van der Waals surface area contributed by atoms with Crippen molar-refractivity contribution in [3.05, 3.63) is 23.5 Å². The van der Waals surface area contributed by atoms with E-state index in [1.54, 1.807) is 23.9 Å². The molecule has 0 radical (unpaired) electrons. The predicted molar refractivity (Wildman–Crippen MR) is 36.2 cm³/mol. The van der Waals surface area contributed by atoms with Crippen LogP contribution in [0.15, 0.2) is 12.3 Å². The van der Waals surface area contributed by atoms with E-state index in [1.165, 1.54) is 0 Å². The highest BCUT2D eigenvalue weighted by Crippen LogP contribution is 2.01. The molecule has 0 fully saturated rings. The Morgan fingerprint density at radius 2 is 2.10 bits per heavy atom. The molecule has 52 valence electrons. The molecule has 1 rings (SSSR count). The highest BCUT2D eigenvalue weighted by molar-refractivity contribution is 5.81. The van der Waals surface area contributed by atoms with Crippen LogP contribution in [0.2, 0.25) is 0 Å². The molecular formula is C7H7NO2. The highest BCUT2D eigenvalue weighted by atomic mass is 16.1. The molecule has 0 aliphatic carbocycles. The fraction of sp³-hybridized carbons (Fsp3) is 0.143. The Balaban J connectivity index is 3.15. The van der Waals surface area contributed by atoms with Gasteiger partial charge in [-0.3, -0.25) is 9.59 Å². The minimum Gasteiger partial charge on any atom is -0.348 e. The second kappa shape index (κ2) is 2.47. The van der Waals surface area contributed by atoms with Gasteiger partial charge in [-0.25, -0.2) is 0 Å². The van der Waals surface area contributed by atoms with Crippen molar-refractivity contribution in [3.8, 4) is 0 Å². The van der Waals surface area contributed by atoms with Gasteiger partial charge in [0.1, 0.15) is 0 Å². The standard InChI is InChI=1S/C7H7NO2/c1-8-3-6(4-9)2-7(8)5-10/h2-5H,1H3. The molecule has 0 N–H and O–H groups in total. The van der Waals surface area contributed by atoms with Gasteiger partial charge in [0.05, 0.1) is 5.69 Å². The number of hydrogen-bond acceptors (Lipinski definition) is 2. The molecule has 10 heavy (non-hydrogen) atoms. The van der Waals surface area contributed by atoms with E-state index in [1.807, 2.05) is 0 Å². The van der Waals surface area contributed by atoms with E-state index >= 15 is 0 Å². The van der Waals surface area contributed by atoms with Crippen molar-refractivity contribution < 1.29 is 9.59 Å².